The van der Waals surface area contributed by atoms with Crippen molar-refractivity contribution in [2.75, 3.05) is 36.4 Å². The number of aromatic nitrogens is 3. The van der Waals surface area contributed by atoms with Crippen LogP contribution < -0.4 is 10.2 Å². The first-order valence-electron chi connectivity index (χ1n) is 9.26. The van der Waals surface area contributed by atoms with Crippen molar-refractivity contribution in [1.29, 1.82) is 0 Å². The number of benzene rings is 1. The third kappa shape index (κ3) is 4.52. The van der Waals surface area contributed by atoms with Crippen LogP contribution in [0.15, 0.2) is 47.8 Å². The highest BCUT2D eigenvalue weighted by atomic mass is 32.1. The van der Waals surface area contributed by atoms with Crippen molar-refractivity contribution in [2.24, 2.45) is 0 Å². The SMILES string of the molecule is Cc1nc(CN2CCN(c3ccc(C(=O)Nc4ccccc4)nn3)CC2)cs1. The lowest BCUT2D eigenvalue weighted by Gasteiger charge is -2.34. The van der Waals surface area contributed by atoms with Crippen molar-refractivity contribution in [2.45, 2.75) is 13.5 Å². The van der Waals surface area contributed by atoms with Crippen LogP contribution in [0.25, 0.3) is 0 Å². The number of thiazole rings is 1. The third-order valence-corrected chi connectivity index (χ3v) is 5.49. The number of hydrogen-bond donors (Lipinski definition) is 1. The van der Waals surface area contributed by atoms with Crippen LogP contribution in [0, 0.1) is 6.92 Å². The van der Waals surface area contributed by atoms with Crippen molar-refractivity contribution >= 4 is 28.7 Å². The lowest BCUT2D eigenvalue weighted by atomic mass is 10.2. The summed E-state index contributed by atoms with van der Waals surface area (Å²) in [5, 5.41) is 14.4. The van der Waals surface area contributed by atoms with E-state index in [-0.39, 0.29) is 5.91 Å². The third-order valence-electron chi connectivity index (χ3n) is 4.66. The second-order valence-electron chi connectivity index (χ2n) is 6.72. The number of nitrogens with zero attached hydrogens (tertiary/aromatic N) is 5. The van der Waals surface area contributed by atoms with E-state index >= 15 is 0 Å². The van der Waals surface area contributed by atoms with E-state index in [9.17, 15) is 4.79 Å². The minimum absolute atomic E-state index is 0.256. The quantitative estimate of drug-likeness (QED) is 0.717. The Balaban J connectivity index is 1.31. The Labute approximate surface area is 168 Å². The molecule has 1 aromatic carbocycles. The summed E-state index contributed by atoms with van der Waals surface area (Å²) >= 11 is 1.70. The fourth-order valence-electron chi connectivity index (χ4n) is 3.18. The van der Waals surface area contributed by atoms with Gasteiger partial charge in [-0.05, 0) is 31.2 Å². The normalized spacial score (nSPS) is 14.8. The van der Waals surface area contributed by atoms with E-state index in [0.717, 1.165) is 54.9 Å². The molecule has 0 bridgehead atoms. The molecule has 1 N–H and O–H groups in total. The summed E-state index contributed by atoms with van der Waals surface area (Å²) in [7, 11) is 0. The van der Waals surface area contributed by atoms with E-state index in [1.807, 2.05) is 43.3 Å². The Morgan fingerprint density at radius 1 is 1.07 bits per heavy atom. The molecule has 0 aliphatic carbocycles. The summed E-state index contributed by atoms with van der Waals surface area (Å²) in [6.07, 6.45) is 0. The summed E-state index contributed by atoms with van der Waals surface area (Å²) in [5.41, 5.74) is 2.19. The van der Waals surface area contributed by atoms with Crippen LogP contribution in [0.1, 0.15) is 21.2 Å². The van der Waals surface area contributed by atoms with Gasteiger partial charge in [0, 0.05) is 43.8 Å². The van der Waals surface area contributed by atoms with Gasteiger partial charge in [-0.1, -0.05) is 18.2 Å². The molecular weight excluding hydrogens is 372 g/mol. The van der Waals surface area contributed by atoms with Gasteiger partial charge >= 0.3 is 0 Å². The molecular formula is C20H22N6OS. The number of nitrogens with one attached hydrogen (secondary N) is 1. The van der Waals surface area contributed by atoms with E-state index in [0.29, 0.717) is 5.69 Å². The van der Waals surface area contributed by atoms with E-state index < -0.39 is 0 Å². The Morgan fingerprint density at radius 3 is 2.50 bits per heavy atom. The number of carbonyl (C=O) groups excluding carboxylic acids is 1. The number of aryl methyl sites for hydroxylation is 1. The second-order valence-corrected chi connectivity index (χ2v) is 7.78. The Hall–Kier alpha value is -2.84. The molecule has 8 heteroatoms. The maximum atomic E-state index is 12.3. The molecule has 3 heterocycles. The lowest BCUT2D eigenvalue weighted by Crippen LogP contribution is -2.46. The maximum absolute atomic E-state index is 12.3. The molecule has 1 aliphatic heterocycles. The molecule has 4 rings (SSSR count). The molecule has 0 spiro atoms. The summed E-state index contributed by atoms with van der Waals surface area (Å²) < 4.78 is 0. The van der Waals surface area contributed by atoms with Crippen LogP contribution in [-0.4, -0.2) is 52.2 Å². The lowest BCUT2D eigenvalue weighted by molar-refractivity contribution is 0.102. The standard InChI is InChI=1S/C20H22N6OS/c1-15-21-17(14-28-15)13-25-9-11-26(12-10-25)19-8-7-18(23-24-19)20(27)22-16-5-3-2-4-6-16/h2-8,14H,9-13H2,1H3,(H,22,27). The van der Waals surface area contributed by atoms with Crippen molar-refractivity contribution in [1.82, 2.24) is 20.1 Å². The largest absolute Gasteiger partial charge is 0.353 e. The molecule has 0 unspecified atom stereocenters. The number of carbonyl (C=O) groups is 1. The summed E-state index contributed by atoms with van der Waals surface area (Å²) in [4.78, 5) is 21.4. The first kappa shape index (κ1) is 18.5. The van der Waals surface area contributed by atoms with E-state index in [1.165, 1.54) is 0 Å². The summed E-state index contributed by atoms with van der Waals surface area (Å²) in [6, 6.07) is 12.9. The molecule has 28 heavy (non-hydrogen) atoms. The van der Waals surface area contributed by atoms with Crippen molar-refractivity contribution in [3.8, 4) is 0 Å². The molecule has 1 aliphatic rings. The van der Waals surface area contributed by atoms with Gasteiger partial charge < -0.3 is 10.2 Å². The van der Waals surface area contributed by atoms with E-state index in [2.05, 4.69) is 35.7 Å². The zero-order valence-corrected chi connectivity index (χ0v) is 16.5. The molecule has 0 saturated carbocycles. The zero-order valence-electron chi connectivity index (χ0n) is 15.7. The maximum Gasteiger partial charge on any atom is 0.276 e. The van der Waals surface area contributed by atoms with Gasteiger partial charge in [-0.3, -0.25) is 9.69 Å². The zero-order chi connectivity index (χ0) is 19.3. The van der Waals surface area contributed by atoms with Gasteiger partial charge in [-0.15, -0.1) is 21.5 Å². The van der Waals surface area contributed by atoms with Crippen LogP contribution in [0.3, 0.4) is 0 Å². The minimum Gasteiger partial charge on any atom is -0.353 e. The first-order chi connectivity index (χ1) is 13.7. The van der Waals surface area contributed by atoms with Crippen LogP contribution in [0.5, 0.6) is 0 Å². The molecule has 7 nitrogen and oxygen atoms in total. The number of rotatable bonds is 5. The number of anilines is 2. The molecule has 144 valence electrons. The molecule has 1 amide bonds. The summed E-state index contributed by atoms with van der Waals surface area (Å²) in [5.74, 6) is 0.550. The highest BCUT2D eigenvalue weighted by Gasteiger charge is 2.19. The fourth-order valence-corrected chi connectivity index (χ4v) is 3.78. The number of hydrogen-bond acceptors (Lipinski definition) is 7. The highest BCUT2D eigenvalue weighted by molar-refractivity contribution is 7.09. The van der Waals surface area contributed by atoms with Crippen molar-refractivity contribution in [3.05, 3.63) is 64.2 Å². The van der Waals surface area contributed by atoms with Gasteiger partial charge in [-0.25, -0.2) is 4.98 Å². The van der Waals surface area contributed by atoms with Crippen LogP contribution in [0.2, 0.25) is 0 Å². The number of para-hydroxylation sites is 1. The van der Waals surface area contributed by atoms with Gasteiger partial charge in [-0.2, -0.15) is 0 Å². The number of piperazine rings is 1. The van der Waals surface area contributed by atoms with Gasteiger partial charge in [0.15, 0.2) is 11.5 Å². The molecule has 1 saturated heterocycles. The van der Waals surface area contributed by atoms with Gasteiger partial charge in [0.2, 0.25) is 0 Å². The van der Waals surface area contributed by atoms with Crippen LogP contribution >= 0.6 is 11.3 Å². The first-order valence-corrected chi connectivity index (χ1v) is 10.1. The predicted octanol–water partition coefficient (Wildman–Crippen LogP) is 2.82. The van der Waals surface area contributed by atoms with E-state index in [1.54, 1.807) is 17.4 Å². The summed E-state index contributed by atoms with van der Waals surface area (Å²) in [6.45, 7) is 6.60. The highest BCUT2D eigenvalue weighted by Crippen LogP contribution is 2.16. The van der Waals surface area contributed by atoms with Crippen LogP contribution in [-0.2, 0) is 6.54 Å². The predicted molar refractivity (Wildman–Crippen MR) is 111 cm³/mol. The molecule has 1 fully saturated rings. The topological polar surface area (TPSA) is 74.2 Å². The Kier molecular flexibility index (Phi) is 5.59. The Bertz CT molecular complexity index is 919. The average molecular weight is 395 g/mol. The van der Waals surface area contributed by atoms with Gasteiger partial charge in [0.1, 0.15) is 0 Å². The van der Waals surface area contributed by atoms with Crippen molar-refractivity contribution in [3.63, 3.8) is 0 Å². The molecule has 3 aromatic rings. The van der Waals surface area contributed by atoms with Gasteiger partial charge in [0.25, 0.3) is 5.91 Å². The smallest absolute Gasteiger partial charge is 0.276 e. The second kappa shape index (κ2) is 8.45. The van der Waals surface area contributed by atoms with E-state index in [4.69, 9.17) is 0 Å². The average Bonchev–Trinajstić information content (AvgIpc) is 3.14. The monoisotopic (exact) mass is 394 g/mol. The van der Waals surface area contributed by atoms with Gasteiger partial charge in [0.05, 0.1) is 10.7 Å². The fraction of sp³-hybridized carbons (Fsp3) is 0.300. The van der Waals surface area contributed by atoms with Crippen LogP contribution in [0.4, 0.5) is 11.5 Å². The minimum atomic E-state index is -0.256. The molecule has 0 atom stereocenters. The Morgan fingerprint density at radius 2 is 1.86 bits per heavy atom. The van der Waals surface area contributed by atoms with Crippen molar-refractivity contribution < 1.29 is 4.79 Å². The molecule has 2 aromatic heterocycles. The number of amides is 1. The molecule has 0 radical (unpaired) electrons.